The quantitative estimate of drug-likeness (QED) is 0.673. The van der Waals surface area contributed by atoms with Crippen molar-refractivity contribution in [1.82, 2.24) is 0 Å². The van der Waals surface area contributed by atoms with Gasteiger partial charge < -0.3 is 4.80 Å². The van der Waals surface area contributed by atoms with Crippen LogP contribution >= 0.6 is 0 Å². The predicted octanol–water partition coefficient (Wildman–Crippen LogP) is -0.759. The Kier molecular flexibility index (Phi) is 7.75. The molecule has 0 fully saturated rings. The monoisotopic (exact) mass is 290 g/mol. The van der Waals surface area contributed by atoms with Crippen molar-refractivity contribution in [3.63, 3.8) is 0 Å². The van der Waals surface area contributed by atoms with Crippen LogP contribution in [-0.2, 0) is 19.7 Å². The van der Waals surface area contributed by atoms with Crippen molar-refractivity contribution in [1.29, 1.82) is 0 Å². The van der Waals surface area contributed by atoms with Crippen molar-refractivity contribution < 1.29 is 21.6 Å². The molecule has 0 heterocycles. The molecule has 0 aromatic rings. The molecular formula is C8H22O5S2Si. The second-order valence-corrected chi connectivity index (χ2v) is 8.97. The van der Waals surface area contributed by atoms with Gasteiger partial charge in [0.2, 0.25) is 0 Å². The van der Waals surface area contributed by atoms with E-state index in [0.717, 1.165) is 0 Å². The minimum Gasteiger partial charge on any atom is -0.442 e. The summed E-state index contributed by atoms with van der Waals surface area (Å²) < 4.78 is 45.1. The minimum atomic E-state index is -3.57. The molecule has 0 unspecified atom stereocenters. The van der Waals surface area contributed by atoms with Crippen LogP contribution in [-0.4, -0.2) is 47.7 Å². The maximum Gasteiger partial charge on any atom is 0.170 e. The van der Waals surface area contributed by atoms with Crippen molar-refractivity contribution in [2.24, 2.45) is 0 Å². The van der Waals surface area contributed by atoms with E-state index >= 15 is 0 Å². The van der Waals surface area contributed by atoms with Crippen molar-refractivity contribution >= 4 is 30.2 Å². The van der Waals surface area contributed by atoms with E-state index in [9.17, 15) is 16.8 Å². The minimum absolute atomic E-state index is 0.0966. The van der Waals surface area contributed by atoms with Crippen LogP contribution in [0.2, 0.25) is 0 Å². The van der Waals surface area contributed by atoms with Gasteiger partial charge in [-0.3, -0.25) is 0 Å². The van der Waals surface area contributed by atoms with Crippen LogP contribution in [0.5, 0.6) is 0 Å². The van der Waals surface area contributed by atoms with E-state index in [-0.39, 0.29) is 17.9 Å². The van der Waals surface area contributed by atoms with E-state index in [0.29, 0.717) is 10.5 Å². The summed E-state index contributed by atoms with van der Waals surface area (Å²) in [5, 5.41) is 0. The fraction of sp³-hybridized carbons (Fsp3) is 1.00. The third-order valence-electron chi connectivity index (χ3n) is 2.72. The Balaban J connectivity index is 0. The lowest BCUT2D eigenvalue weighted by Crippen LogP contribution is -2.44. The molecule has 0 aromatic heterocycles. The van der Waals surface area contributed by atoms with Gasteiger partial charge in [-0.2, -0.15) is 0 Å². The summed E-state index contributed by atoms with van der Waals surface area (Å²) in [4.78, 5) is 7.14. The Morgan fingerprint density at radius 3 is 1.31 bits per heavy atom. The summed E-state index contributed by atoms with van der Waals surface area (Å²) in [6, 6.07) is 0. The normalized spacial score (nSPS) is 13.1. The molecule has 1 N–H and O–H groups in total. The molecule has 5 nitrogen and oxygen atoms in total. The van der Waals surface area contributed by atoms with Crippen LogP contribution in [0.4, 0.5) is 0 Å². The maximum absolute atomic E-state index is 11.7. The van der Waals surface area contributed by atoms with Crippen molar-refractivity contribution in [2.75, 3.05) is 11.5 Å². The van der Waals surface area contributed by atoms with Gasteiger partial charge >= 0.3 is 0 Å². The molecule has 0 aliphatic rings. The first-order valence-electron chi connectivity index (χ1n) is 5.07. The number of hydrogen-bond donors (Lipinski definition) is 1. The van der Waals surface area contributed by atoms with Crippen LogP contribution in [0, 0.1) is 0 Å². The van der Waals surface area contributed by atoms with E-state index in [2.05, 4.69) is 0 Å². The average Bonchev–Trinajstić information content (AvgIpc) is 2.29. The first-order valence-corrected chi connectivity index (χ1v) is 9.27. The average molecular weight is 290 g/mol. The highest BCUT2D eigenvalue weighted by molar-refractivity contribution is 8.10. The highest BCUT2D eigenvalue weighted by atomic mass is 32.3. The molecule has 0 aliphatic carbocycles. The van der Waals surface area contributed by atoms with Crippen LogP contribution in [0.1, 0.15) is 34.1 Å². The molecule has 0 saturated heterocycles. The summed E-state index contributed by atoms with van der Waals surface area (Å²) in [7, 11) is -6.83. The largest absolute Gasteiger partial charge is 0.442 e. The summed E-state index contributed by atoms with van der Waals surface area (Å²) in [6.45, 7) is 5.81. The Bertz CT molecular complexity index is 351. The maximum atomic E-state index is 11.7. The summed E-state index contributed by atoms with van der Waals surface area (Å²) in [5.74, 6) is -0.285. The van der Waals surface area contributed by atoms with Gasteiger partial charge in [0, 0.05) is 11.5 Å². The summed E-state index contributed by atoms with van der Waals surface area (Å²) in [6.07, 6.45) is 0.0966. The van der Waals surface area contributed by atoms with Crippen LogP contribution in [0.25, 0.3) is 0 Å². The van der Waals surface area contributed by atoms with Gasteiger partial charge in [-0.15, -0.1) is 0 Å². The smallest absolute Gasteiger partial charge is 0.170 e. The second-order valence-electron chi connectivity index (χ2n) is 3.29. The molecular weight excluding hydrogens is 268 g/mol. The summed E-state index contributed by atoms with van der Waals surface area (Å²) in [5.41, 5.74) is 0. The van der Waals surface area contributed by atoms with Gasteiger partial charge in [0.15, 0.2) is 23.8 Å². The zero-order chi connectivity index (χ0) is 13.6. The lowest BCUT2D eigenvalue weighted by Gasteiger charge is -2.26. The molecule has 0 bridgehead atoms. The first-order chi connectivity index (χ1) is 7.18. The molecule has 8 heteroatoms. The van der Waals surface area contributed by atoms with Gasteiger partial charge in [0.05, 0.1) is 0 Å². The molecule has 0 amide bonds. The third-order valence-corrected chi connectivity index (χ3v) is 8.97. The first kappa shape index (κ1) is 18.4. The Morgan fingerprint density at radius 1 is 0.938 bits per heavy atom. The summed E-state index contributed by atoms with van der Waals surface area (Å²) >= 11 is 0. The van der Waals surface area contributed by atoms with E-state index < -0.39 is 23.8 Å². The molecule has 0 spiro atoms. The van der Waals surface area contributed by atoms with Gasteiger partial charge in [-0.05, 0) is 13.3 Å². The second kappa shape index (κ2) is 6.73. The molecule has 16 heavy (non-hydrogen) atoms. The van der Waals surface area contributed by atoms with Gasteiger partial charge in [-0.1, -0.05) is 20.8 Å². The number of rotatable bonds is 5. The van der Waals surface area contributed by atoms with E-state index in [1.54, 1.807) is 6.92 Å². The Morgan fingerprint density at radius 2 is 1.19 bits per heavy atom. The molecule has 0 saturated carbocycles. The fourth-order valence-corrected chi connectivity index (χ4v) is 5.60. The van der Waals surface area contributed by atoms with Crippen LogP contribution < -0.4 is 0 Å². The highest BCUT2D eigenvalue weighted by Crippen LogP contribution is 2.29. The fourth-order valence-electron chi connectivity index (χ4n) is 1.24. The highest BCUT2D eigenvalue weighted by Gasteiger charge is 2.47. The van der Waals surface area contributed by atoms with E-state index in [4.69, 9.17) is 4.80 Å². The van der Waals surface area contributed by atoms with E-state index in [1.165, 1.54) is 20.8 Å². The van der Waals surface area contributed by atoms with Gasteiger partial charge in [0.25, 0.3) is 0 Å². The molecule has 0 aromatic carbocycles. The van der Waals surface area contributed by atoms with Crippen molar-refractivity contribution in [3.05, 3.63) is 0 Å². The third kappa shape index (κ3) is 3.28. The molecule has 100 valence electrons. The van der Waals surface area contributed by atoms with E-state index in [1.807, 2.05) is 0 Å². The van der Waals surface area contributed by atoms with Crippen LogP contribution in [0.15, 0.2) is 0 Å². The van der Waals surface area contributed by atoms with Crippen molar-refractivity contribution in [2.45, 2.75) is 38.2 Å². The number of sulfone groups is 2. The molecule has 0 atom stereocenters. The molecule has 0 rings (SSSR count). The van der Waals surface area contributed by atoms with Gasteiger partial charge in [0.1, 0.15) is 10.5 Å². The SMILES string of the molecule is CCC(C)(S(=O)(=O)CC)S(=O)(=O)CC.O[SiH3]. The van der Waals surface area contributed by atoms with Gasteiger partial charge in [-0.25, -0.2) is 16.8 Å². The predicted molar refractivity (Wildman–Crippen MR) is 69.8 cm³/mol. The standard InChI is InChI=1S/C8H18O4S2.H4OSi/c1-5-8(4,13(9,10)6-2)14(11,12)7-3;1-2/h5-7H2,1-4H3;1H,2H3. The number of hydrogen-bond acceptors (Lipinski definition) is 5. The van der Waals surface area contributed by atoms with Crippen LogP contribution in [0.3, 0.4) is 0 Å². The lowest BCUT2D eigenvalue weighted by molar-refractivity contribution is 0.543. The topological polar surface area (TPSA) is 88.5 Å². The molecule has 0 aliphatic heterocycles. The zero-order valence-corrected chi connectivity index (χ0v) is 14.2. The molecule has 0 radical (unpaired) electrons. The Hall–Kier alpha value is 0.0769. The Labute approximate surface area is 102 Å². The lowest BCUT2D eigenvalue weighted by atomic mass is 10.4. The zero-order valence-electron chi connectivity index (χ0n) is 10.5. The van der Waals surface area contributed by atoms with Crippen molar-refractivity contribution in [3.8, 4) is 0 Å².